The lowest BCUT2D eigenvalue weighted by molar-refractivity contribution is -0.121. The summed E-state index contributed by atoms with van der Waals surface area (Å²) in [5.74, 6) is -1.82. The highest BCUT2D eigenvalue weighted by Gasteiger charge is 2.36. The van der Waals surface area contributed by atoms with Crippen molar-refractivity contribution < 1.29 is 28.7 Å². The first-order valence-corrected chi connectivity index (χ1v) is 12.0. The van der Waals surface area contributed by atoms with Crippen molar-refractivity contribution in [2.75, 3.05) is 18.4 Å². The van der Waals surface area contributed by atoms with Crippen LogP contribution in [0.4, 0.5) is 10.5 Å². The van der Waals surface area contributed by atoms with Crippen LogP contribution in [0.15, 0.2) is 46.9 Å². The fourth-order valence-electron chi connectivity index (χ4n) is 3.38. The van der Waals surface area contributed by atoms with E-state index in [4.69, 9.17) is 4.74 Å². The SMILES string of the molecule is CC(C)(C)OC(=O)NCCC(=O)Nc1cccc(CNC(=O)CN2C(=O)c3ccc(Br)cc3C2=O)c1. The third-order valence-electron chi connectivity index (χ3n) is 4.96. The molecular weight excluding hydrogens is 532 g/mol. The van der Waals surface area contributed by atoms with E-state index in [0.29, 0.717) is 15.7 Å². The summed E-state index contributed by atoms with van der Waals surface area (Å²) in [5.41, 5.74) is 1.13. The van der Waals surface area contributed by atoms with Crippen LogP contribution < -0.4 is 16.0 Å². The molecule has 1 aliphatic heterocycles. The van der Waals surface area contributed by atoms with Gasteiger partial charge in [-0.05, 0) is 56.7 Å². The number of nitrogens with zero attached hydrogens (tertiary/aromatic N) is 1. The number of amides is 5. The van der Waals surface area contributed by atoms with Crippen LogP contribution in [-0.4, -0.2) is 53.3 Å². The second kappa shape index (κ2) is 11.3. The van der Waals surface area contributed by atoms with Crippen molar-refractivity contribution in [2.24, 2.45) is 0 Å². The Labute approximate surface area is 216 Å². The van der Waals surface area contributed by atoms with Gasteiger partial charge in [0.1, 0.15) is 12.1 Å². The molecule has 0 saturated heterocycles. The summed E-state index contributed by atoms with van der Waals surface area (Å²) in [4.78, 5) is 62.2. The van der Waals surface area contributed by atoms with Gasteiger partial charge >= 0.3 is 6.09 Å². The predicted octanol–water partition coefficient (Wildman–Crippen LogP) is 3.21. The van der Waals surface area contributed by atoms with Gasteiger partial charge in [0.2, 0.25) is 11.8 Å². The molecule has 3 N–H and O–H groups in total. The van der Waals surface area contributed by atoms with E-state index in [1.165, 1.54) is 0 Å². The number of carbonyl (C=O) groups excluding carboxylic acids is 5. The van der Waals surface area contributed by atoms with Crippen LogP contribution in [0.25, 0.3) is 0 Å². The number of benzene rings is 2. The third-order valence-corrected chi connectivity index (χ3v) is 5.45. The number of fused-ring (bicyclic) bond motifs is 1. The van der Waals surface area contributed by atoms with Crippen molar-refractivity contribution in [1.82, 2.24) is 15.5 Å². The molecule has 0 saturated carbocycles. The maximum atomic E-state index is 12.5. The van der Waals surface area contributed by atoms with Crippen LogP contribution in [-0.2, 0) is 20.9 Å². The summed E-state index contributed by atoms with van der Waals surface area (Å²) in [7, 11) is 0. The molecule has 0 fully saturated rings. The highest BCUT2D eigenvalue weighted by molar-refractivity contribution is 9.10. The highest BCUT2D eigenvalue weighted by atomic mass is 79.9. The number of ether oxygens (including phenoxy) is 1. The number of anilines is 1. The Morgan fingerprint density at radius 3 is 2.39 bits per heavy atom. The van der Waals surface area contributed by atoms with Crippen LogP contribution in [0.1, 0.15) is 53.5 Å². The van der Waals surface area contributed by atoms with E-state index < -0.39 is 36.0 Å². The summed E-state index contributed by atoms with van der Waals surface area (Å²) in [6.07, 6.45) is -0.543. The smallest absolute Gasteiger partial charge is 0.407 e. The van der Waals surface area contributed by atoms with Crippen LogP contribution >= 0.6 is 15.9 Å². The fourth-order valence-corrected chi connectivity index (χ4v) is 3.74. The van der Waals surface area contributed by atoms with Gasteiger partial charge in [0.05, 0.1) is 11.1 Å². The molecular formula is C25H27BrN4O6. The number of imide groups is 1. The van der Waals surface area contributed by atoms with Gasteiger partial charge in [-0.2, -0.15) is 0 Å². The highest BCUT2D eigenvalue weighted by Crippen LogP contribution is 2.25. The van der Waals surface area contributed by atoms with Gasteiger partial charge in [0.15, 0.2) is 0 Å². The molecule has 10 nitrogen and oxygen atoms in total. The maximum Gasteiger partial charge on any atom is 0.407 e. The second-order valence-electron chi connectivity index (χ2n) is 9.09. The first-order chi connectivity index (χ1) is 16.9. The molecule has 190 valence electrons. The van der Waals surface area contributed by atoms with Crippen molar-refractivity contribution in [2.45, 2.75) is 39.3 Å². The number of rotatable bonds is 8. The molecule has 2 aromatic rings. The van der Waals surface area contributed by atoms with Crippen molar-refractivity contribution >= 4 is 51.3 Å². The zero-order valence-corrected chi connectivity index (χ0v) is 21.7. The molecule has 1 aliphatic rings. The molecule has 0 aromatic heterocycles. The Morgan fingerprint density at radius 2 is 1.67 bits per heavy atom. The molecule has 0 radical (unpaired) electrons. The molecule has 2 aromatic carbocycles. The van der Waals surface area contributed by atoms with Crippen molar-refractivity contribution in [3.8, 4) is 0 Å². The zero-order valence-electron chi connectivity index (χ0n) is 20.1. The fraction of sp³-hybridized carbons (Fsp3) is 0.320. The summed E-state index contributed by atoms with van der Waals surface area (Å²) >= 11 is 3.27. The number of hydrogen-bond donors (Lipinski definition) is 3. The van der Waals surface area contributed by atoms with Gasteiger partial charge in [0.25, 0.3) is 11.8 Å². The molecule has 0 spiro atoms. The summed E-state index contributed by atoms with van der Waals surface area (Å²) in [6.45, 7) is 5.10. The van der Waals surface area contributed by atoms with E-state index in [2.05, 4.69) is 31.9 Å². The van der Waals surface area contributed by atoms with E-state index in [1.807, 2.05) is 0 Å². The molecule has 36 heavy (non-hydrogen) atoms. The number of hydrogen-bond acceptors (Lipinski definition) is 6. The van der Waals surface area contributed by atoms with Crippen LogP contribution in [0.3, 0.4) is 0 Å². The normalized spacial score (nSPS) is 12.7. The van der Waals surface area contributed by atoms with Gasteiger partial charge in [-0.3, -0.25) is 24.1 Å². The summed E-state index contributed by atoms with van der Waals surface area (Å²) in [5, 5.41) is 7.93. The molecule has 0 unspecified atom stereocenters. The predicted molar refractivity (Wildman–Crippen MR) is 135 cm³/mol. The van der Waals surface area contributed by atoms with E-state index in [-0.39, 0.29) is 36.5 Å². The monoisotopic (exact) mass is 558 g/mol. The average Bonchev–Trinajstić information content (AvgIpc) is 3.01. The van der Waals surface area contributed by atoms with Gasteiger partial charge in [0, 0.05) is 29.7 Å². The van der Waals surface area contributed by atoms with Crippen molar-refractivity contribution in [3.63, 3.8) is 0 Å². The lowest BCUT2D eigenvalue weighted by atomic mass is 10.1. The Bertz CT molecular complexity index is 1210. The summed E-state index contributed by atoms with van der Waals surface area (Å²) < 4.78 is 5.78. The topological polar surface area (TPSA) is 134 Å². The second-order valence-corrected chi connectivity index (χ2v) is 10.0. The number of alkyl carbamates (subject to hydrolysis) is 1. The number of nitrogens with one attached hydrogen (secondary N) is 3. The van der Waals surface area contributed by atoms with E-state index >= 15 is 0 Å². The lowest BCUT2D eigenvalue weighted by Gasteiger charge is -2.19. The van der Waals surface area contributed by atoms with Gasteiger partial charge < -0.3 is 20.7 Å². The lowest BCUT2D eigenvalue weighted by Crippen LogP contribution is -2.40. The molecule has 5 amide bonds. The van der Waals surface area contributed by atoms with E-state index in [9.17, 15) is 24.0 Å². The van der Waals surface area contributed by atoms with Gasteiger partial charge in [-0.25, -0.2) is 4.79 Å². The maximum absolute atomic E-state index is 12.5. The largest absolute Gasteiger partial charge is 0.444 e. The van der Waals surface area contributed by atoms with Crippen molar-refractivity contribution in [3.05, 3.63) is 63.6 Å². The Hall–Kier alpha value is -3.73. The zero-order chi connectivity index (χ0) is 26.5. The summed E-state index contributed by atoms with van der Waals surface area (Å²) in [6, 6.07) is 11.6. The molecule has 0 aliphatic carbocycles. The number of carbonyl (C=O) groups is 5. The molecule has 3 rings (SSSR count). The third kappa shape index (κ3) is 7.38. The van der Waals surface area contributed by atoms with Gasteiger partial charge in [-0.15, -0.1) is 0 Å². The minimum atomic E-state index is -0.621. The van der Waals surface area contributed by atoms with Gasteiger partial charge in [-0.1, -0.05) is 28.1 Å². The quantitative estimate of drug-likeness (QED) is 0.426. The standard InChI is InChI=1S/C25H27BrN4O6/c1-25(2,3)36-24(35)27-10-9-20(31)29-17-6-4-5-15(11-17)13-28-21(32)14-30-22(33)18-8-7-16(26)12-19(18)23(30)34/h4-8,11-12H,9-10,13-14H2,1-3H3,(H,27,35)(H,28,32)(H,29,31). The van der Waals surface area contributed by atoms with Crippen molar-refractivity contribution in [1.29, 1.82) is 0 Å². The first kappa shape index (κ1) is 26.9. The van der Waals surface area contributed by atoms with Crippen LogP contribution in [0.5, 0.6) is 0 Å². The Morgan fingerprint density at radius 1 is 0.944 bits per heavy atom. The molecule has 11 heteroatoms. The minimum Gasteiger partial charge on any atom is -0.444 e. The van der Waals surface area contributed by atoms with Crippen LogP contribution in [0, 0.1) is 0 Å². The molecule has 1 heterocycles. The average molecular weight is 559 g/mol. The van der Waals surface area contributed by atoms with E-state index in [1.54, 1.807) is 63.2 Å². The first-order valence-electron chi connectivity index (χ1n) is 11.2. The molecule has 0 atom stereocenters. The molecule has 0 bridgehead atoms. The number of halogens is 1. The Balaban J connectivity index is 1.46. The van der Waals surface area contributed by atoms with Crippen LogP contribution in [0.2, 0.25) is 0 Å². The Kier molecular flexibility index (Phi) is 8.46. The van der Waals surface area contributed by atoms with E-state index in [0.717, 1.165) is 4.90 Å². The minimum absolute atomic E-state index is 0.0526.